The molecule has 0 saturated heterocycles. The maximum absolute atomic E-state index is 9.25. The van der Waals surface area contributed by atoms with Crippen molar-refractivity contribution in [3.05, 3.63) is 12.7 Å². The molecule has 4 nitrogen and oxygen atoms in total. The molecule has 60 valence electrons. The topological polar surface area (TPSA) is 83.5 Å². The Morgan fingerprint density at radius 1 is 1.90 bits per heavy atom. The van der Waals surface area contributed by atoms with Crippen molar-refractivity contribution in [3.8, 4) is 0 Å². The van der Waals surface area contributed by atoms with Gasteiger partial charge in [-0.1, -0.05) is 6.58 Å². The number of carboxylic acid groups (broad SMARTS) is 1. The SMILES string of the molecule is C=CC(=O)O.CC(O)CN. The summed E-state index contributed by atoms with van der Waals surface area (Å²) >= 11 is 0. The van der Waals surface area contributed by atoms with E-state index in [0.29, 0.717) is 6.54 Å². The fourth-order valence-corrected chi connectivity index (χ4v) is 0. The summed E-state index contributed by atoms with van der Waals surface area (Å²) in [4.78, 5) is 9.25. The van der Waals surface area contributed by atoms with Crippen LogP contribution in [0.2, 0.25) is 0 Å². The standard InChI is InChI=1S/C3H9NO.C3H4O2/c1-3(5)2-4;1-2-3(4)5/h3,5H,2,4H2,1H3;2H,1H2,(H,4,5). The van der Waals surface area contributed by atoms with E-state index in [1.54, 1.807) is 6.92 Å². The van der Waals surface area contributed by atoms with Crippen LogP contribution < -0.4 is 5.73 Å². The summed E-state index contributed by atoms with van der Waals surface area (Å²) in [6, 6.07) is 0. The molecule has 0 aliphatic rings. The number of carboxylic acids is 1. The molecule has 0 aromatic carbocycles. The van der Waals surface area contributed by atoms with E-state index in [9.17, 15) is 4.79 Å². The largest absolute Gasteiger partial charge is 0.478 e. The Kier molecular flexibility index (Phi) is 9.65. The Bertz CT molecular complexity index is 101. The molecule has 1 atom stereocenters. The van der Waals surface area contributed by atoms with Crippen LogP contribution in [0.1, 0.15) is 6.92 Å². The van der Waals surface area contributed by atoms with Crippen molar-refractivity contribution < 1.29 is 15.0 Å². The van der Waals surface area contributed by atoms with Crippen LogP contribution in [0.4, 0.5) is 0 Å². The monoisotopic (exact) mass is 147 g/mol. The number of hydrogen-bond donors (Lipinski definition) is 3. The van der Waals surface area contributed by atoms with Gasteiger partial charge in [-0.05, 0) is 6.92 Å². The number of rotatable bonds is 2. The molecule has 4 heteroatoms. The molecule has 0 rings (SSSR count). The maximum atomic E-state index is 9.25. The van der Waals surface area contributed by atoms with E-state index >= 15 is 0 Å². The first-order valence-electron chi connectivity index (χ1n) is 2.78. The lowest BCUT2D eigenvalue weighted by molar-refractivity contribution is -0.131. The zero-order chi connectivity index (χ0) is 8.57. The zero-order valence-electron chi connectivity index (χ0n) is 5.95. The number of aliphatic hydroxyl groups is 1. The minimum Gasteiger partial charge on any atom is -0.478 e. The van der Waals surface area contributed by atoms with Crippen LogP contribution in [-0.4, -0.2) is 28.8 Å². The number of carbonyl (C=O) groups is 1. The number of hydrogen-bond acceptors (Lipinski definition) is 3. The van der Waals surface area contributed by atoms with Crippen LogP contribution in [0.3, 0.4) is 0 Å². The normalized spacial score (nSPS) is 10.7. The van der Waals surface area contributed by atoms with Gasteiger partial charge in [-0.25, -0.2) is 4.79 Å². The highest BCUT2D eigenvalue weighted by molar-refractivity contribution is 5.78. The number of aliphatic hydroxyl groups excluding tert-OH is 1. The van der Waals surface area contributed by atoms with Crippen LogP contribution in [0, 0.1) is 0 Å². The van der Waals surface area contributed by atoms with Crippen molar-refractivity contribution in [1.82, 2.24) is 0 Å². The Hall–Kier alpha value is -0.870. The smallest absolute Gasteiger partial charge is 0.327 e. The van der Waals surface area contributed by atoms with Gasteiger partial charge in [0.2, 0.25) is 0 Å². The summed E-state index contributed by atoms with van der Waals surface area (Å²) in [5, 5.41) is 15.8. The maximum Gasteiger partial charge on any atom is 0.327 e. The fourth-order valence-electron chi connectivity index (χ4n) is 0. The van der Waals surface area contributed by atoms with Crippen molar-refractivity contribution in [3.63, 3.8) is 0 Å². The van der Waals surface area contributed by atoms with Gasteiger partial charge in [0.25, 0.3) is 0 Å². The predicted octanol–water partition coefficient (Wildman–Crippen LogP) is -0.417. The molecule has 0 fully saturated rings. The van der Waals surface area contributed by atoms with Gasteiger partial charge in [-0.2, -0.15) is 0 Å². The number of aliphatic carboxylic acids is 1. The van der Waals surface area contributed by atoms with E-state index in [-0.39, 0.29) is 6.10 Å². The summed E-state index contributed by atoms with van der Waals surface area (Å²) in [5.74, 6) is -0.981. The highest BCUT2D eigenvalue weighted by Crippen LogP contribution is 1.65. The number of nitrogens with two attached hydrogens (primary N) is 1. The lowest BCUT2D eigenvalue weighted by Crippen LogP contribution is -2.14. The molecule has 4 N–H and O–H groups in total. The van der Waals surface area contributed by atoms with Crippen molar-refractivity contribution >= 4 is 5.97 Å². The lowest BCUT2D eigenvalue weighted by atomic mass is 10.4. The highest BCUT2D eigenvalue weighted by atomic mass is 16.4. The van der Waals surface area contributed by atoms with Gasteiger partial charge in [0.15, 0.2) is 0 Å². The minimum absolute atomic E-state index is 0.338. The predicted molar refractivity (Wildman–Crippen MR) is 38.6 cm³/mol. The first kappa shape index (κ1) is 11.9. The third-order valence-corrected chi connectivity index (χ3v) is 0.516. The van der Waals surface area contributed by atoms with Crippen molar-refractivity contribution in [2.45, 2.75) is 13.0 Å². The average Bonchev–Trinajstić information content (AvgIpc) is 1.89. The van der Waals surface area contributed by atoms with Crippen molar-refractivity contribution in [2.24, 2.45) is 5.73 Å². The van der Waals surface area contributed by atoms with Gasteiger partial charge in [0.05, 0.1) is 6.10 Å². The molecule has 0 aliphatic carbocycles. The molecule has 0 bridgehead atoms. The second-order valence-electron chi connectivity index (χ2n) is 1.63. The minimum atomic E-state index is -0.981. The van der Waals surface area contributed by atoms with E-state index in [1.807, 2.05) is 0 Å². The molecule has 0 spiro atoms. The van der Waals surface area contributed by atoms with Gasteiger partial charge in [0, 0.05) is 12.6 Å². The average molecular weight is 147 g/mol. The Morgan fingerprint density at radius 3 is 2.10 bits per heavy atom. The molecule has 1 unspecified atom stereocenters. The van der Waals surface area contributed by atoms with Gasteiger partial charge >= 0.3 is 5.97 Å². The molecule has 0 saturated carbocycles. The zero-order valence-corrected chi connectivity index (χ0v) is 5.95. The summed E-state index contributed by atoms with van der Waals surface area (Å²) in [5.41, 5.74) is 4.92. The van der Waals surface area contributed by atoms with Gasteiger partial charge < -0.3 is 15.9 Å². The Morgan fingerprint density at radius 2 is 2.10 bits per heavy atom. The molecular formula is C6H13NO3. The van der Waals surface area contributed by atoms with Crippen LogP contribution in [-0.2, 0) is 4.79 Å². The second-order valence-corrected chi connectivity index (χ2v) is 1.63. The van der Waals surface area contributed by atoms with E-state index < -0.39 is 5.97 Å². The molecule has 0 aliphatic heterocycles. The van der Waals surface area contributed by atoms with Crippen LogP contribution >= 0.6 is 0 Å². The van der Waals surface area contributed by atoms with Gasteiger partial charge in [-0.3, -0.25) is 0 Å². The quantitative estimate of drug-likeness (QED) is 0.463. The summed E-state index contributed by atoms with van der Waals surface area (Å²) < 4.78 is 0. The van der Waals surface area contributed by atoms with E-state index in [1.165, 1.54) is 0 Å². The third-order valence-electron chi connectivity index (χ3n) is 0.516. The van der Waals surface area contributed by atoms with E-state index in [0.717, 1.165) is 6.08 Å². The highest BCUT2D eigenvalue weighted by Gasteiger charge is 1.81. The van der Waals surface area contributed by atoms with E-state index in [2.05, 4.69) is 6.58 Å². The first-order chi connectivity index (χ1) is 4.54. The molecule has 0 aromatic heterocycles. The van der Waals surface area contributed by atoms with Crippen molar-refractivity contribution in [2.75, 3.05) is 6.54 Å². The molecule has 10 heavy (non-hydrogen) atoms. The second kappa shape index (κ2) is 8.13. The lowest BCUT2D eigenvalue weighted by Gasteiger charge is -1.91. The molecular weight excluding hydrogens is 134 g/mol. The summed E-state index contributed by atoms with van der Waals surface area (Å²) in [7, 11) is 0. The molecule has 0 heterocycles. The molecule has 0 amide bonds. The van der Waals surface area contributed by atoms with Gasteiger partial charge in [0.1, 0.15) is 0 Å². The van der Waals surface area contributed by atoms with Crippen molar-refractivity contribution in [1.29, 1.82) is 0 Å². The third kappa shape index (κ3) is 27.3. The van der Waals surface area contributed by atoms with Gasteiger partial charge in [-0.15, -0.1) is 0 Å². The molecule has 0 aromatic rings. The molecule has 0 radical (unpaired) electrons. The van der Waals surface area contributed by atoms with Crippen LogP contribution in [0.5, 0.6) is 0 Å². The first-order valence-corrected chi connectivity index (χ1v) is 2.78. The summed E-state index contributed by atoms with van der Waals surface area (Å²) in [6.45, 7) is 4.97. The Labute approximate surface area is 60.0 Å². The summed E-state index contributed by atoms with van der Waals surface area (Å²) in [6.07, 6.45) is 0.495. The Balaban J connectivity index is 0. The van der Waals surface area contributed by atoms with E-state index in [4.69, 9.17) is 15.9 Å². The van der Waals surface area contributed by atoms with Crippen LogP contribution in [0.15, 0.2) is 12.7 Å². The fraction of sp³-hybridized carbons (Fsp3) is 0.500. The van der Waals surface area contributed by atoms with Crippen LogP contribution in [0.25, 0.3) is 0 Å².